The highest BCUT2D eigenvalue weighted by Crippen LogP contribution is 2.25. The number of β-amino-alcohol motifs (C(OH)–C–C–N with tert-alkyl or cyclic N) is 1. The second-order valence-corrected chi connectivity index (χ2v) is 5.70. The third kappa shape index (κ3) is 3.87. The van der Waals surface area contributed by atoms with E-state index in [1.165, 1.54) is 0 Å². The number of nitrogens with two attached hydrogens (primary N) is 1. The van der Waals surface area contributed by atoms with Gasteiger partial charge in [-0.3, -0.25) is 9.69 Å². The average molecular weight is 287 g/mol. The summed E-state index contributed by atoms with van der Waals surface area (Å²) >= 11 is 5.06. The van der Waals surface area contributed by atoms with Crippen molar-refractivity contribution < 1.29 is 9.90 Å². The van der Waals surface area contributed by atoms with Crippen molar-refractivity contribution in [2.75, 3.05) is 39.3 Å². The summed E-state index contributed by atoms with van der Waals surface area (Å²) in [5.74, 6) is 0.0355. The minimum absolute atomic E-state index is 0.0355. The fraction of sp³-hybridized carbons (Fsp3) is 0.846. The van der Waals surface area contributed by atoms with Crippen LogP contribution in [0.2, 0.25) is 0 Å². The molecule has 0 aromatic rings. The van der Waals surface area contributed by atoms with Gasteiger partial charge < -0.3 is 15.7 Å². The smallest absolute Gasteiger partial charge is 0.235 e. The van der Waals surface area contributed by atoms with E-state index >= 15 is 0 Å². The fourth-order valence-electron chi connectivity index (χ4n) is 2.32. The summed E-state index contributed by atoms with van der Waals surface area (Å²) < 4.78 is 0. The normalized spacial score (nSPS) is 20.7. The molecule has 1 aliphatic heterocycles. The van der Waals surface area contributed by atoms with E-state index < -0.39 is 5.41 Å². The zero-order valence-electron chi connectivity index (χ0n) is 11.9. The Kier molecular flexibility index (Phi) is 6.16. The molecule has 1 heterocycles. The number of rotatable bonds is 5. The highest BCUT2D eigenvalue weighted by molar-refractivity contribution is 7.80. The van der Waals surface area contributed by atoms with Crippen LogP contribution < -0.4 is 5.73 Å². The van der Waals surface area contributed by atoms with Crippen LogP contribution in [0.25, 0.3) is 0 Å². The molecule has 5 nitrogen and oxygen atoms in total. The lowest BCUT2D eigenvalue weighted by molar-refractivity contribution is -0.137. The second kappa shape index (κ2) is 7.17. The summed E-state index contributed by atoms with van der Waals surface area (Å²) in [6, 6.07) is 0. The van der Waals surface area contributed by atoms with Crippen LogP contribution in [0.15, 0.2) is 0 Å². The first-order valence-electron chi connectivity index (χ1n) is 6.88. The van der Waals surface area contributed by atoms with Crippen LogP contribution in [0.1, 0.15) is 26.7 Å². The number of hydrogen-bond acceptors (Lipinski definition) is 4. The van der Waals surface area contributed by atoms with Gasteiger partial charge in [-0.25, -0.2) is 0 Å². The number of carbonyl (C=O) groups excluding carboxylic acids is 1. The second-order valence-electron chi connectivity index (χ2n) is 5.26. The van der Waals surface area contributed by atoms with Gasteiger partial charge in [0.25, 0.3) is 0 Å². The van der Waals surface area contributed by atoms with Gasteiger partial charge in [-0.2, -0.15) is 0 Å². The molecular formula is C13H25N3O2S. The van der Waals surface area contributed by atoms with Gasteiger partial charge in [0, 0.05) is 26.2 Å². The van der Waals surface area contributed by atoms with Gasteiger partial charge in [0.05, 0.1) is 17.0 Å². The van der Waals surface area contributed by atoms with E-state index in [1.54, 1.807) is 0 Å². The molecule has 6 heteroatoms. The van der Waals surface area contributed by atoms with Gasteiger partial charge in [-0.05, 0) is 26.3 Å². The summed E-state index contributed by atoms with van der Waals surface area (Å²) in [5.41, 5.74) is 5.01. The Morgan fingerprint density at radius 1 is 1.37 bits per heavy atom. The zero-order chi connectivity index (χ0) is 14.5. The van der Waals surface area contributed by atoms with Crippen molar-refractivity contribution in [3.63, 3.8) is 0 Å². The number of nitrogens with zero attached hydrogens (tertiary/aromatic N) is 2. The summed E-state index contributed by atoms with van der Waals surface area (Å²) in [6.07, 6.45) is 1.54. The zero-order valence-corrected chi connectivity index (χ0v) is 12.7. The molecule has 0 spiro atoms. The molecule has 1 aliphatic rings. The summed E-state index contributed by atoms with van der Waals surface area (Å²) in [7, 11) is 0. The molecule has 1 unspecified atom stereocenters. The van der Waals surface area contributed by atoms with Gasteiger partial charge in [0.2, 0.25) is 5.91 Å². The maximum Gasteiger partial charge on any atom is 0.235 e. The van der Waals surface area contributed by atoms with Gasteiger partial charge in [0.15, 0.2) is 0 Å². The highest BCUT2D eigenvalue weighted by atomic mass is 32.1. The van der Waals surface area contributed by atoms with E-state index in [1.807, 2.05) is 18.7 Å². The molecule has 0 aliphatic carbocycles. The van der Waals surface area contributed by atoms with Crippen LogP contribution >= 0.6 is 12.2 Å². The Hall–Kier alpha value is -0.720. The predicted molar refractivity (Wildman–Crippen MR) is 79.9 cm³/mol. The van der Waals surface area contributed by atoms with E-state index in [-0.39, 0.29) is 17.5 Å². The number of thiocarbonyl (C=S) groups is 1. The van der Waals surface area contributed by atoms with Crippen molar-refractivity contribution in [1.29, 1.82) is 0 Å². The molecule has 0 saturated carbocycles. The topological polar surface area (TPSA) is 69.8 Å². The number of aliphatic hydroxyl groups is 1. The number of hydrogen-bond donors (Lipinski definition) is 2. The van der Waals surface area contributed by atoms with Crippen LogP contribution in [-0.4, -0.2) is 65.1 Å². The van der Waals surface area contributed by atoms with Crippen molar-refractivity contribution in [3.05, 3.63) is 0 Å². The molecule has 1 saturated heterocycles. The van der Waals surface area contributed by atoms with E-state index in [0.29, 0.717) is 19.5 Å². The van der Waals surface area contributed by atoms with E-state index in [9.17, 15) is 4.79 Å². The van der Waals surface area contributed by atoms with Crippen molar-refractivity contribution in [1.82, 2.24) is 9.80 Å². The third-order valence-electron chi connectivity index (χ3n) is 4.01. The van der Waals surface area contributed by atoms with Crippen LogP contribution in [0.3, 0.4) is 0 Å². The standard InChI is InChI=1S/C13H25N3O2S/c1-3-13(2,11(14)19)12(18)16-6-4-5-15(7-8-16)9-10-17/h17H,3-10H2,1-2H3,(H2,14,19). The molecule has 19 heavy (non-hydrogen) atoms. The average Bonchev–Trinajstić information content (AvgIpc) is 2.62. The van der Waals surface area contributed by atoms with Crippen LogP contribution in [0.4, 0.5) is 0 Å². The van der Waals surface area contributed by atoms with Gasteiger partial charge in [0.1, 0.15) is 0 Å². The first-order chi connectivity index (χ1) is 8.95. The largest absolute Gasteiger partial charge is 0.395 e. The maximum atomic E-state index is 12.6. The van der Waals surface area contributed by atoms with Crippen LogP contribution in [0, 0.1) is 5.41 Å². The molecule has 1 atom stereocenters. The molecule has 0 aromatic heterocycles. The van der Waals surface area contributed by atoms with Crippen molar-refractivity contribution in [3.8, 4) is 0 Å². The Labute approximate surface area is 120 Å². The maximum absolute atomic E-state index is 12.6. The Morgan fingerprint density at radius 3 is 2.58 bits per heavy atom. The molecule has 1 rings (SSSR count). The Balaban J connectivity index is 2.70. The molecule has 110 valence electrons. The lowest BCUT2D eigenvalue weighted by Gasteiger charge is -2.32. The lowest BCUT2D eigenvalue weighted by atomic mass is 9.85. The van der Waals surface area contributed by atoms with E-state index in [4.69, 9.17) is 23.1 Å². The molecule has 1 amide bonds. The molecule has 0 aromatic carbocycles. The number of carbonyl (C=O) groups is 1. The third-order valence-corrected chi connectivity index (χ3v) is 4.47. The first kappa shape index (κ1) is 16.3. The molecule has 1 fully saturated rings. The Morgan fingerprint density at radius 2 is 2.05 bits per heavy atom. The van der Waals surface area contributed by atoms with E-state index in [2.05, 4.69) is 4.90 Å². The monoisotopic (exact) mass is 287 g/mol. The van der Waals surface area contributed by atoms with Crippen molar-refractivity contribution in [2.45, 2.75) is 26.7 Å². The fourth-order valence-corrected chi connectivity index (χ4v) is 2.55. The molecule has 0 bridgehead atoms. The van der Waals surface area contributed by atoms with Gasteiger partial charge >= 0.3 is 0 Å². The van der Waals surface area contributed by atoms with Crippen LogP contribution in [-0.2, 0) is 4.79 Å². The number of aliphatic hydroxyl groups excluding tert-OH is 1. The first-order valence-corrected chi connectivity index (χ1v) is 7.29. The summed E-state index contributed by atoms with van der Waals surface area (Å²) in [4.78, 5) is 16.9. The SMILES string of the molecule is CCC(C)(C(=O)N1CCCN(CCO)CC1)C(N)=S. The van der Waals surface area contributed by atoms with Gasteiger partial charge in [-0.1, -0.05) is 19.1 Å². The molecular weight excluding hydrogens is 262 g/mol. The van der Waals surface area contributed by atoms with E-state index in [0.717, 1.165) is 26.1 Å². The lowest BCUT2D eigenvalue weighted by Crippen LogP contribution is -2.49. The summed E-state index contributed by atoms with van der Waals surface area (Å²) in [5, 5.41) is 8.97. The molecule has 0 radical (unpaired) electrons. The summed E-state index contributed by atoms with van der Waals surface area (Å²) in [6.45, 7) is 7.72. The van der Waals surface area contributed by atoms with Crippen molar-refractivity contribution in [2.24, 2.45) is 11.1 Å². The van der Waals surface area contributed by atoms with Gasteiger partial charge in [-0.15, -0.1) is 0 Å². The Bertz CT molecular complexity index is 338. The molecule has 3 N–H and O–H groups in total. The number of amides is 1. The van der Waals surface area contributed by atoms with Crippen molar-refractivity contribution >= 4 is 23.1 Å². The van der Waals surface area contributed by atoms with Crippen LogP contribution in [0.5, 0.6) is 0 Å². The minimum Gasteiger partial charge on any atom is -0.395 e. The predicted octanol–water partition coefficient (Wildman–Crippen LogP) is 0.215. The minimum atomic E-state index is -0.735. The quantitative estimate of drug-likeness (QED) is 0.708. The highest BCUT2D eigenvalue weighted by Gasteiger charge is 2.38.